The van der Waals surface area contributed by atoms with E-state index in [1.807, 2.05) is 30.3 Å². The van der Waals surface area contributed by atoms with Crippen LogP contribution >= 0.6 is 0 Å². The number of carbonyl (C=O) groups is 1. The van der Waals surface area contributed by atoms with Gasteiger partial charge in [-0.2, -0.15) is 0 Å². The zero-order valence-corrected chi connectivity index (χ0v) is 18.3. The van der Waals surface area contributed by atoms with Crippen LogP contribution in [0.15, 0.2) is 36.4 Å². The SMILES string of the molecule is COc1cccc(NC(=O)C[NH+]2CC[NH+](Cc3cc(OC)c(OC)cc3C)CC2)c1. The molecule has 1 fully saturated rings. The van der Waals surface area contributed by atoms with Crippen LogP contribution in [0.4, 0.5) is 5.69 Å². The van der Waals surface area contributed by atoms with Gasteiger partial charge in [-0.3, -0.25) is 4.79 Å². The molecule has 2 aromatic carbocycles. The average Bonchev–Trinajstić information content (AvgIpc) is 2.76. The molecule has 30 heavy (non-hydrogen) atoms. The topological polar surface area (TPSA) is 65.7 Å². The molecule has 0 bridgehead atoms. The number of aryl methyl sites for hydroxylation is 1. The Labute approximate surface area is 178 Å². The lowest BCUT2D eigenvalue weighted by atomic mass is 10.1. The molecule has 1 heterocycles. The van der Waals surface area contributed by atoms with Gasteiger partial charge in [0.25, 0.3) is 5.91 Å². The molecule has 1 aliphatic heterocycles. The van der Waals surface area contributed by atoms with Gasteiger partial charge in [-0.25, -0.2) is 0 Å². The Morgan fingerprint density at radius 1 is 0.933 bits per heavy atom. The highest BCUT2D eigenvalue weighted by Crippen LogP contribution is 2.29. The third-order valence-corrected chi connectivity index (χ3v) is 5.71. The van der Waals surface area contributed by atoms with E-state index < -0.39 is 0 Å². The molecule has 1 saturated heterocycles. The van der Waals surface area contributed by atoms with E-state index in [1.165, 1.54) is 20.9 Å². The molecule has 7 nitrogen and oxygen atoms in total. The number of ether oxygens (including phenoxy) is 3. The van der Waals surface area contributed by atoms with Crippen molar-refractivity contribution in [3.05, 3.63) is 47.5 Å². The van der Waals surface area contributed by atoms with Gasteiger partial charge in [0, 0.05) is 17.3 Å². The predicted octanol–water partition coefficient (Wildman–Crippen LogP) is -0.0571. The molecule has 0 aliphatic carbocycles. The van der Waals surface area contributed by atoms with Gasteiger partial charge in [0.2, 0.25) is 0 Å². The Morgan fingerprint density at radius 2 is 1.60 bits per heavy atom. The van der Waals surface area contributed by atoms with E-state index in [0.717, 1.165) is 55.7 Å². The average molecular weight is 416 g/mol. The first-order valence-corrected chi connectivity index (χ1v) is 10.3. The number of hydrogen-bond acceptors (Lipinski definition) is 4. The molecule has 1 amide bonds. The summed E-state index contributed by atoms with van der Waals surface area (Å²) in [6, 6.07) is 11.6. The molecule has 3 N–H and O–H groups in total. The number of quaternary nitrogens is 2. The first-order chi connectivity index (χ1) is 14.5. The van der Waals surface area contributed by atoms with E-state index in [0.29, 0.717) is 6.54 Å². The standard InChI is InChI=1S/C23H31N3O4/c1-17-12-21(29-3)22(30-4)13-18(17)15-25-8-10-26(11-9-25)16-23(27)24-19-6-5-7-20(14-19)28-2/h5-7,12-14H,8-11,15-16H2,1-4H3,(H,24,27)/p+2. The molecule has 0 spiro atoms. The first-order valence-electron chi connectivity index (χ1n) is 10.3. The number of piperazine rings is 1. The Morgan fingerprint density at radius 3 is 2.27 bits per heavy atom. The van der Waals surface area contributed by atoms with Gasteiger partial charge in [0.1, 0.15) is 38.5 Å². The largest absolute Gasteiger partial charge is 0.497 e. The summed E-state index contributed by atoms with van der Waals surface area (Å²) < 4.78 is 16.1. The molecule has 0 saturated carbocycles. The summed E-state index contributed by atoms with van der Waals surface area (Å²) in [5.41, 5.74) is 3.27. The van der Waals surface area contributed by atoms with Gasteiger partial charge in [-0.05, 0) is 36.8 Å². The van der Waals surface area contributed by atoms with Gasteiger partial charge >= 0.3 is 0 Å². The highest BCUT2D eigenvalue weighted by molar-refractivity contribution is 5.91. The van der Waals surface area contributed by atoms with Crippen LogP contribution in [0, 0.1) is 6.92 Å². The number of benzene rings is 2. The van der Waals surface area contributed by atoms with Crippen molar-refractivity contribution in [2.24, 2.45) is 0 Å². The lowest BCUT2D eigenvalue weighted by Gasteiger charge is -2.29. The molecule has 0 aromatic heterocycles. The molecule has 3 rings (SSSR count). The van der Waals surface area contributed by atoms with Gasteiger partial charge in [-0.1, -0.05) is 6.07 Å². The summed E-state index contributed by atoms with van der Waals surface area (Å²) in [6.45, 7) is 7.59. The number of carbonyl (C=O) groups excluding carboxylic acids is 1. The summed E-state index contributed by atoms with van der Waals surface area (Å²) >= 11 is 0. The van der Waals surface area contributed by atoms with Crippen LogP contribution in [0.1, 0.15) is 11.1 Å². The maximum Gasteiger partial charge on any atom is 0.279 e. The van der Waals surface area contributed by atoms with Crippen LogP contribution in [0.5, 0.6) is 17.2 Å². The highest BCUT2D eigenvalue weighted by atomic mass is 16.5. The monoisotopic (exact) mass is 415 g/mol. The smallest absolute Gasteiger partial charge is 0.279 e. The summed E-state index contributed by atoms with van der Waals surface area (Å²) in [5, 5.41) is 2.97. The molecule has 162 valence electrons. The minimum Gasteiger partial charge on any atom is -0.497 e. The number of rotatable bonds is 8. The molecule has 0 atom stereocenters. The van der Waals surface area contributed by atoms with Crippen LogP contribution < -0.4 is 29.3 Å². The maximum absolute atomic E-state index is 12.4. The van der Waals surface area contributed by atoms with Crippen LogP contribution in [-0.4, -0.2) is 60.0 Å². The van der Waals surface area contributed by atoms with Crippen molar-refractivity contribution in [1.29, 1.82) is 0 Å². The maximum atomic E-state index is 12.4. The Bertz CT molecular complexity index is 864. The van der Waals surface area contributed by atoms with Crippen molar-refractivity contribution in [1.82, 2.24) is 0 Å². The Kier molecular flexibility index (Phi) is 7.54. The van der Waals surface area contributed by atoms with E-state index in [2.05, 4.69) is 18.3 Å². The number of nitrogens with one attached hydrogen (secondary N) is 3. The second kappa shape index (κ2) is 10.3. The van der Waals surface area contributed by atoms with Crippen molar-refractivity contribution >= 4 is 11.6 Å². The van der Waals surface area contributed by atoms with Gasteiger partial charge in [-0.15, -0.1) is 0 Å². The summed E-state index contributed by atoms with van der Waals surface area (Å²) in [4.78, 5) is 15.3. The molecular weight excluding hydrogens is 382 g/mol. The predicted molar refractivity (Wildman–Crippen MR) is 116 cm³/mol. The zero-order chi connectivity index (χ0) is 21.5. The molecule has 0 unspecified atom stereocenters. The number of amides is 1. The van der Waals surface area contributed by atoms with Crippen molar-refractivity contribution in [3.63, 3.8) is 0 Å². The minimum atomic E-state index is 0.0393. The van der Waals surface area contributed by atoms with E-state index >= 15 is 0 Å². The second-order valence-electron chi connectivity index (χ2n) is 7.77. The number of anilines is 1. The third kappa shape index (κ3) is 5.64. The molecule has 2 aromatic rings. The first kappa shape index (κ1) is 21.9. The van der Waals surface area contributed by atoms with Crippen LogP contribution in [0.25, 0.3) is 0 Å². The third-order valence-electron chi connectivity index (χ3n) is 5.71. The molecule has 7 heteroatoms. The number of methoxy groups -OCH3 is 3. The minimum absolute atomic E-state index is 0.0393. The fourth-order valence-electron chi connectivity index (χ4n) is 3.93. The normalized spacial score (nSPS) is 18.5. The summed E-state index contributed by atoms with van der Waals surface area (Å²) in [5.74, 6) is 2.32. The molecule has 0 radical (unpaired) electrons. The Balaban J connectivity index is 1.49. The zero-order valence-electron chi connectivity index (χ0n) is 18.3. The molecule has 1 aliphatic rings. The fourth-order valence-corrected chi connectivity index (χ4v) is 3.93. The van der Waals surface area contributed by atoms with E-state index in [-0.39, 0.29) is 5.91 Å². The number of hydrogen-bond donors (Lipinski definition) is 3. The van der Waals surface area contributed by atoms with E-state index in [1.54, 1.807) is 21.3 Å². The van der Waals surface area contributed by atoms with Crippen molar-refractivity contribution in [2.45, 2.75) is 13.5 Å². The van der Waals surface area contributed by atoms with Crippen LogP contribution in [-0.2, 0) is 11.3 Å². The quantitative estimate of drug-likeness (QED) is 0.565. The highest BCUT2D eigenvalue weighted by Gasteiger charge is 2.25. The van der Waals surface area contributed by atoms with Gasteiger partial charge in [0.15, 0.2) is 18.0 Å². The molecular formula is C23H33N3O4+2. The van der Waals surface area contributed by atoms with Gasteiger partial charge < -0.3 is 29.3 Å². The van der Waals surface area contributed by atoms with Gasteiger partial charge in [0.05, 0.1) is 21.3 Å². The Hall–Kier alpha value is -2.77. The van der Waals surface area contributed by atoms with Crippen molar-refractivity contribution in [2.75, 3.05) is 59.4 Å². The summed E-state index contributed by atoms with van der Waals surface area (Å²) in [7, 11) is 4.95. The summed E-state index contributed by atoms with van der Waals surface area (Å²) in [6.07, 6.45) is 0. The van der Waals surface area contributed by atoms with Crippen molar-refractivity contribution in [3.8, 4) is 17.2 Å². The fraction of sp³-hybridized carbons (Fsp3) is 0.435. The lowest BCUT2D eigenvalue weighted by Crippen LogP contribution is -3.28. The second-order valence-corrected chi connectivity index (χ2v) is 7.77. The van der Waals surface area contributed by atoms with E-state index in [9.17, 15) is 4.79 Å². The van der Waals surface area contributed by atoms with Crippen LogP contribution in [0.2, 0.25) is 0 Å². The van der Waals surface area contributed by atoms with Crippen molar-refractivity contribution < 1.29 is 28.8 Å². The lowest BCUT2D eigenvalue weighted by molar-refractivity contribution is -1.02. The van der Waals surface area contributed by atoms with E-state index in [4.69, 9.17) is 14.2 Å². The van der Waals surface area contributed by atoms with Crippen LogP contribution in [0.3, 0.4) is 0 Å².